The number of fused-ring (bicyclic) bond motifs is 1. The number of aromatic nitrogens is 1. The van der Waals surface area contributed by atoms with Crippen molar-refractivity contribution >= 4 is 38.6 Å². The molecule has 2 N–H and O–H groups in total. The number of nitrogens with zero attached hydrogens (tertiary/aromatic N) is 1. The van der Waals surface area contributed by atoms with Gasteiger partial charge in [-0.1, -0.05) is 18.2 Å². The van der Waals surface area contributed by atoms with Crippen molar-refractivity contribution in [3.05, 3.63) is 75.8 Å². The fourth-order valence-electron chi connectivity index (χ4n) is 3.12. The van der Waals surface area contributed by atoms with Crippen molar-refractivity contribution < 1.29 is 14.3 Å². The number of hydrogen-bond acceptors (Lipinski definition) is 4. The second-order valence-corrected chi connectivity index (χ2v) is 7.47. The Balaban J connectivity index is 1.71. The molecule has 0 bridgehead atoms. The number of rotatable bonds is 3. The smallest absolute Gasteiger partial charge is 0.256 e. The van der Waals surface area contributed by atoms with E-state index < -0.39 is 0 Å². The van der Waals surface area contributed by atoms with E-state index >= 15 is 0 Å². The van der Waals surface area contributed by atoms with Gasteiger partial charge in [0.05, 0.1) is 11.1 Å². The predicted octanol–water partition coefficient (Wildman–Crippen LogP) is 5.83. The van der Waals surface area contributed by atoms with Gasteiger partial charge in [-0.3, -0.25) is 4.79 Å². The van der Waals surface area contributed by atoms with Crippen molar-refractivity contribution in [2.75, 3.05) is 5.32 Å². The Morgan fingerprint density at radius 2 is 1.89 bits per heavy atom. The number of halogens is 1. The molecule has 28 heavy (non-hydrogen) atoms. The molecule has 0 saturated heterocycles. The first-order chi connectivity index (χ1) is 13.4. The molecule has 4 rings (SSSR count). The van der Waals surface area contributed by atoms with Crippen molar-refractivity contribution in [2.45, 2.75) is 13.8 Å². The molecule has 0 unspecified atom stereocenters. The van der Waals surface area contributed by atoms with E-state index in [2.05, 4.69) is 26.2 Å². The van der Waals surface area contributed by atoms with Gasteiger partial charge in [0.15, 0.2) is 5.58 Å². The number of oxazole rings is 1. The molecular weight excluding hydrogens is 420 g/mol. The van der Waals surface area contributed by atoms with E-state index in [4.69, 9.17) is 4.42 Å². The Labute approximate surface area is 170 Å². The molecule has 1 aromatic heterocycles. The number of carbonyl (C=O) groups excluding carboxylic acids is 1. The number of phenols is 1. The quantitative estimate of drug-likeness (QED) is 0.396. The molecule has 3 aromatic carbocycles. The molecule has 0 spiro atoms. The highest BCUT2D eigenvalue weighted by atomic mass is 79.9. The van der Waals surface area contributed by atoms with Crippen LogP contribution in [0, 0.1) is 13.8 Å². The van der Waals surface area contributed by atoms with Gasteiger partial charge in [0.25, 0.3) is 5.91 Å². The molecule has 0 fully saturated rings. The van der Waals surface area contributed by atoms with Gasteiger partial charge in [0, 0.05) is 10.2 Å². The van der Waals surface area contributed by atoms with Crippen LogP contribution >= 0.6 is 15.9 Å². The predicted molar refractivity (Wildman–Crippen MR) is 113 cm³/mol. The zero-order valence-electron chi connectivity index (χ0n) is 15.3. The van der Waals surface area contributed by atoms with Crippen molar-refractivity contribution in [3.8, 4) is 17.2 Å². The minimum Gasteiger partial charge on any atom is -0.507 e. The summed E-state index contributed by atoms with van der Waals surface area (Å²) < 4.78 is 6.60. The summed E-state index contributed by atoms with van der Waals surface area (Å²) in [6.45, 7) is 3.95. The first-order valence-electron chi connectivity index (χ1n) is 8.69. The zero-order valence-corrected chi connectivity index (χ0v) is 16.9. The van der Waals surface area contributed by atoms with E-state index in [1.807, 2.05) is 32.0 Å². The van der Waals surface area contributed by atoms with Gasteiger partial charge in [0.1, 0.15) is 11.3 Å². The maximum absolute atomic E-state index is 12.5. The zero-order chi connectivity index (χ0) is 19.8. The summed E-state index contributed by atoms with van der Waals surface area (Å²) in [6.07, 6.45) is 0. The molecule has 0 saturated carbocycles. The minimum absolute atomic E-state index is 0.0276. The lowest BCUT2D eigenvalue weighted by atomic mass is 10.1. The third-order valence-electron chi connectivity index (χ3n) is 4.42. The topological polar surface area (TPSA) is 75.4 Å². The lowest BCUT2D eigenvalue weighted by molar-refractivity contribution is 0.102. The van der Waals surface area contributed by atoms with E-state index in [1.54, 1.807) is 30.3 Å². The van der Waals surface area contributed by atoms with Crippen LogP contribution in [0.5, 0.6) is 5.75 Å². The lowest BCUT2D eigenvalue weighted by Crippen LogP contribution is -2.12. The molecule has 0 atom stereocenters. The van der Waals surface area contributed by atoms with E-state index in [0.717, 1.165) is 16.6 Å². The fraction of sp³-hybridized carbons (Fsp3) is 0.0909. The normalized spacial score (nSPS) is 11.0. The third kappa shape index (κ3) is 3.39. The molecule has 0 aliphatic carbocycles. The van der Waals surface area contributed by atoms with Crippen LogP contribution < -0.4 is 5.32 Å². The van der Waals surface area contributed by atoms with E-state index in [-0.39, 0.29) is 11.7 Å². The molecular formula is C22H17BrN2O3. The minimum atomic E-state index is -0.256. The van der Waals surface area contributed by atoms with Crippen LogP contribution in [-0.4, -0.2) is 16.0 Å². The molecule has 6 heteroatoms. The van der Waals surface area contributed by atoms with Crippen molar-refractivity contribution in [1.82, 2.24) is 4.98 Å². The number of aromatic hydroxyl groups is 1. The molecule has 0 radical (unpaired) electrons. The Morgan fingerprint density at radius 3 is 2.68 bits per heavy atom. The first-order valence-corrected chi connectivity index (χ1v) is 9.49. The summed E-state index contributed by atoms with van der Waals surface area (Å²) in [5.74, 6) is 0.0751. The van der Waals surface area contributed by atoms with Gasteiger partial charge < -0.3 is 14.8 Å². The molecule has 5 nitrogen and oxygen atoms in total. The Morgan fingerprint density at radius 1 is 1.11 bits per heavy atom. The van der Waals surface area contributed by atoms with Gasteiger partial charge in [0.2, 0.25) is 5.89 Å². The summed E-state index contributed by atoms with van der Waals surface area (Å²) in [5, 5.41) is 13.2. The summed E-state index contributed by atoms with van der Waals surface area (Å²) in [4.78, 5) is 17.1. The second-order valence-electron chi connectivity index (χ2n) is 6.61. The Kier molecular flexibility index (Phi) is 4.65. The third-order valence-corrected chi connectivity index (χ3v) is 5.11. The second kappa shape index (κ2) is 7.13. The van der Waals surface area contributed by atoms with Crippen LogP contribution in [0.1, 0.15) is 21.5 Å². The Bertz CT molecular complexity index is 1210. The lowest BCUT2D eigenvalue weighted by Gasteiger charge is -2.08. The van der Waals surface area contributed by atoms with Crippen molar-refractivity contribution in [3.63, 3.8) is 0 Å². The van der Waals surface area contributed by atoms with Crippen LogP contribution in [0.25, 0.3) is 22.6 Å². The standard InChI is InChI=1S/C22H17BrN2O3/c1-12-9-13(2)20-18(10-12)25-22(28-20)16-11-14(7-8-19(16)26)24-21(27)15-5-3-4-6-17(15)23/h3-11,26H,1-2H3,(H,24,27). The van der Waals surface area contributed by atoms with Gasteiger partial charge in [-0.15, -0.1) is 0 Å². The number of carbonyl (C=O) groups is 1. The highest BCUT2D eigenvalue weighted by molar-refractivity contribution is 9.10. The Hall–Kier alpha value is -3.12. The SMILES string of the molecule is Cc1cc(C)c2oc(-c3cc(NC(=O)c4ccccc4Br)ccc3O)nc2c1. The summed E-state index contributed by atoms with van der Waals surface area (Å²) in [6, 6.07) is 15.9. The maximum Gasteiger partial charge on any atom is 0.256 e. The van der Waals surface area contributed by atoms with E-state index in [0.29, 0.717) is 32.8 Å². The van der Waals surface area contributed by atoms with Crippen LogP contribution in [0.4, 0.5) is 5.69 Å². The van der Waals surface area contributed by atoms with Crippen LogP contribution in [0.2, 0.25) is 0 Å². The molecule has 4 aromatic rings. The van der Waals surface area contributed by atoms with Gasteiger partial charge in [-0.25, -0.2) is 4.98 Å². The summed E-state index contributed by atoms with van der Waals surface area (Å²) >= 11 is 3.38. The van der Waals surface area contributed by atoms with E-state index in [1.165, 1.54) is 6.07 Å². The molecule has 0 aliphatic rings. The van der Waals surface area contributed by atoms with Crippen molar-refractivity contribution in [2.24, 2.45) is 0 Å². The number of benzene rings is 3. The van der Waals surface area contributed by atoms with Gasteiger partial charge in [-0.2, -0.15) is 0 Å². The largest absolute Gasteiger partial charge is 0.507 e. The molecule has 140 valence electrons. The average molecular weight is 437 g/mol. The van der Waals surface area contributed by atoms with Crippen LogP contribution in [0.15, 0.2) is 63.5 Å². The molecule has 0 aliphatic heterocycles. The highest BCUT2D eigenvalue weighted by Gasteiger charge is 2.16. The monoisotopic (exact) mass is 436 g/mol. The average Bonchev–Trinajstić information content (AvgIpc) is 3.07. The van der Waals surface area contributed by atoms with Crippen LogP contribution in [-0.2, 0) is 0 Å². The number of hydrogen-bond donors (Lipinski definition) is 2. The van der Waals surface area contributed by atoms with Gasteiger partial charge >= 0.3 is 0 Å². The summed E-state index contributed by atoms with van der Waals surface area (Å²) in [5.41, 5.74) is 4.94. The number of phenolic OH excluding ortho intramolecular Hbond substituents is 1. The fourth-order valence-corrected chi connectivity index (χ4v) is 3.59. The van der Waals surface area contributed by atoms with Crippen LogP contribution in [0.3, 0.4) is 0 Å². The molecule has 1 amide bonds. The van der Waals surface area contributed by atoms with Crippen molar-refractivity contribution in [1.29, 1.82) is 0 Å². The number of nitrogens with one attached hydrogen (secondary N) is 1. The number of aryl methyl sites for hydroxylation is 2. The number of anilines is 1. The molecule has 1 heterocycles. The summed E-state index contributed by atoms with van der Waals surface area (Å²) in [7, 11) is 0. The highest BCUT2D eigenvalue weighted by Crippen LogP contribution is 2.34. The van der Waals surface area contributed by atoms with E-state index in [9.17, 15) is 9.90 Å². The maximum atomic E-state index is 12.5. The first kappa shape index (κ1) is 18.3. The number of amides is 1. The van der Waals surface area contributed by atoms with Gasteiger partial charge in [-0.05, 0) is 77.3 Å².